The van der Waals surface area contributed by atoms with E-state index in [0.29, 0.717) is 94.0 Å². The van der Waals surface area contributed by atoms with Gasteiger partial charge in [0.25, 0.3) is 5.91 Å². The lowest BCUT2D eigenvalue weighted by molar-refractivity contribution is -0.131. The van der Waals surface area contributed by atoms with E-state index in [1.807, 2.05) is 0 Å². The molecule has 1 unspecified atom stereocenters. The van der Waals surface area contributed by atoms with Gasteiger partial charge in [-0.05, 0) is 104 Å². The van der Waals surface area contributed by atoms with Crippen LogP contribution in [0.1, 0.15) is 80.4 Å². The van der Waals surface area contributed by atoms with Crippen LogP contribution in [0.5, 0.6) is 5.75 Å². The minimum Gasteiger partial charge on any atom is -0.491 e. The topological polar surface area (TPSA) is 119 Å². The van der Waals surface area contributed by atoms with Crippen LogP contribution in [-0.2, 0) is 28.5 Å². The summed E-state index contributed by atoms with van der Waals surface area (Å²) >= 11 is 0. The maximum atomic E-state index is 13.2. The highest BCUT2D eigenvalue weighted by molar-refractivity contribution is 6.04. The van der Waals surface area contributed by atoms with Gasteiger partial charge in [-0.1, -0.05) is 51.6 Å². The summed E-state index contributed by atoms with van der Waals surface area (Å²) in [5, 5.41) is 2.62. The zero-order valence-electron chi connectivity index (χ0n) is 36.4. The number of nitrogens with zero attached hydrogens (tertiary/aromatic N) is 3. The second-order valence-electron chi connectivity index (χ2n) is 15.3. The van der Waals surface area contributed by atoms with E-state index < -0.39 is 17.9 Å². The highest BCUT2D eigenvalue weighted by atomic mass is 16.6. The lowest BCUT2D eigenvalue weighted by atomic mass is 9.87. The van der Waals surface area contributed by atoms with Gasteiger partial charge in [0.05, 0.1) is 46.2 Å². The monoisotopic (exact) mass is 817 g/mol. The predicted molar refractivity (Wildman–Crippen MR) is 234 cm³/mol. The summed E-state index contributed by atoms with van der Waals surface area (Å²) in [6, 6.07) is 11.2. The number of allylic oxidation sites excluding steroid dienone is 5. The summed E-state index contributed by atoms with van der Waals surface area (Å²) in [7, 11) is 0. The average Bonchev–Trinajstić information content (AvgIpc) is 3.22. The number of benzene rings is 2. The Morgan fingerprint density at radius 2 is 1.53 bits per heavy atom. The van der Waals surface area contributed by atoms with Crippen LogP contribution in [-0.4, -0.2) is 126 Å². The zero-order valence-corrected chi connectivity index (χ0v) is 36.4. The summed E-state index contributed by atoms with van der Waals surface area (Å²) in [5.74, 6) is -0.00624. The van der Waals surface area contributed by atoms with E-state index in [1.54, 1.807) is 25.1 Å². The summed E-state index contributed by atoms with van der Waals surface area (Å²) in [6.45, 7) is 26.1. The van der Waals surface area contributed by atoms with Gasteiger partial charge in [0.1, 0.15) is 18.4 Å². The molecule has 2 fully saturated rings. The van der Waals surface area contributed by atoms with E-state index in [-0.39, 0.29) is 6.61 Å². The van der Waals surface area contributed by atoms with Gasteiger partial charge in [-0.2, -0.15) is 0 Å². The number of ether oxygens (including phenoxy) is 5. The van der Waals surface area contributed by atoms with E-state index in [0.717, 1.165) is 57.1 Å². The zero-order chi connectivity index (χ0) is 42.6. The maximum absolute atomic E-state index is 13.2. The van der Waals surface area contributed by atoms with Crippen molar-refractivity contribution in [3.8, 4) is 5.75 Å². The van der Waals surface area contributed by atoms with Crippen molar-refractivity contribution in [2.45, 2.75) is 73.3 Å². The predicted octanol–water partition coefficient (Wildman–Crippen LogP) is 6.75. The van der Waals surface area contributed by atoms with Gasteiger partial charge < -0.3 is 33.9 Å². The standard InChI is InChI=1S/C47H68N4O8/c1-8-11-42(35(3)4)41(9-2)43-16-14-39(32-37(43)6)50-21-19-49(20-22-50)18-10-23-55-24-25-56-26-27-57-28-29-58-30-31-59-40-15-12-36(5)44(33-40)47(54)51(34-52)45-17-13-38(7)48-46(45)53/h9,11-12,14-16,32-35,45H,7-8,10,13,17-31H2,1-6H3,(H,48,53)/b41-9+,42-11-. The third-order valence-electron chi connectivity index (χ3n) is 10.7. The van der Waals surface area contributed by atoms with Crippen LogP contribution in [0.25, 0.3) is 5.57 Å². The van der Waals surface area contributed by atoms with E-state index >= 15 is 0 Å². The molecule has 4 rings (SSSR count). The molecule has 12 nitrogen and oxygen atoms in total. The Morgan fingerprint density at radius 1 is 0.881 bits per heavy atom. The second kappa shape index (κ2) is 25.3. The number of hydrogen-bond donors (Lipinski definition) is 1. The lowest BCUT2D eigenvalue weighted by Gasteiger charge is -2.36. The Balaban J connectivity index is 0.982. The Morgan fingerprint density at radius 3 is 2.10 bits per heavy atom. The molecule has 2 aromatic carbocycles. The van der Waals surface area contributed by atoms with Gasteiger partial charge in [-0.25, -0.2) is 0 Å². The maximum Gasteiger partial charge on any atom is 0.261 e. The van der Waals surface area contributed by atoms with Crippen LogP contribution in [0.2, 0.25) is 0 Å². The molecule has 2 aromatic rings. The van der Waals surface area contributed by atoms with Crippen molar-refractivity contribution in [3.05, 3.63) is 88.7 Å². The first-order valence-electron chi connectivity index (χ1n) is 21.3. The fraction of sp³-hybridized carbons (Fsp3) is 0.553. The number of anilines is 1. The molecule has 0 spiro atoms. The van der Waals surface area contributed by atoms with Crippen LogP contribution in [0.4, 0.5) is 5.69 Å². The molecule has 1 atom stereocenters. The first-order chi connectivity index (χ1) is 28.6. The Kier molecular flexibility index (Phi) is 20.3. The number of nitrogens with one attached hydrogen (secondary N) is 1. The van der Waals surface area contributed by atoms with Crippen molar-refractivity contribution in [1.82, 2.24) is 15.1 Å². The highest BCUT2D eigenvalue weighted by Gasteiger charge is 2.34. The fourth-order valence-corrected chi connectivity index (χ4v) is 7.45. The third kappa shape index (κ3) is 14.7. The number of imide groups is 1. The molecule has 2 aliphatic heterocycles. The molecular formula is C47H68N4O8. The van der Waals surface area contributed by atoms with Crippen molar-refractivity contribution in [2.75, 3.05) is 97.1 Å². The van der Waals surface area contributed by atoms with Crippen molar-refractivity contribution in [1.29, 1.82) is 0 Å². The number of piperidine rings is 1. The van der Waals surface area contributed by atoms with Crippen LogP contribution >= 0.6 is 0 Å². The van der Waals surface area contributed by atoms with Gasteiger partial charge in [0.2, 0.25) is 12.3 Å². The van der Waals surface area contributed by atoms with Crippen molar-refractivity contribution in [2.24, 2.45) is 5.92 Å². The Hall–Kier alpha value is -4.33. The van der Waals surface area contributed by atoms with E-state index in [2.05, 4.69) is 86.7 Å². The molecule has 0 aliphatic carbocycles. The summed E-state index contributed by atoms with van der Waals surface area (Å²) in [6.07, 6.45) is 7.93. The SMILES string of the molecule is C=C1CCC(N(C=O)C(=O)c2cc(OCCOCCOCCOCCOCCCN3CCN(c4ccc(C(=C/C)/C(=C\CC)C(C)C)c(C)c4)CC3)ccc2C)C(=O)N1. The van der Waals surface area contributed by atoms with Crippen molar-refractivity contribution < 1.29 is 38.1 Å². The molecule has 2 saturated heterocycles. The number of amides is 3. The van der Waals surface area contributed by atoms with Gasteiger partial charge >= 0.3 is 0 Å². The smallest absolute Gasteiger partial charge is 0.261 e. The fourth-order valence-electron chi connectivity index (χ4n) is 7.45. The molecule has 59 heavy (non-hydrogen) atoms. The molecule has 2 aliphatic rings. The van der Waals surface area contributed by atoms with Crippen LogP contribution < -0.4 is 15.0 Å². The van der Waals surface area contributed by atoms with E-state index in [4.69, 9.17) is 23.7 Å². The van der Waals surface area contributed by atoms with Crippen molar-refractivity contribution in [3.63, 3.8) is 0 Å². The molecule has 3 amide bonds. The number of rotatable bonds is 25. The van der Waals surface area contributed by atoms with Crippen molar-refractivity contribution >= 4 is 29.5 Å². The largest absolute Gasteiger partial charge is 0.491 e. The molecule has 0 radical (unpaired) electrons. The average molecular weight is 817 g/mol. The lowest BCUT2D eigenvalue weighted by Crippen LogP contribution is -2.51. The molecule has 324 valence electrons. The molecule has 0 saturated carbocycles. The molecular weight excluding hydrogens is 749 g/mol. The van der Waals surface area contributed by atoms with E-state index in [9.17, 15) is 14.4 Å². The number of carbonyl (C=O) groups excluding carboxylic acids is 3. The molecule has 12 heteroatoms. The van der Waals surface area contributed by atoms with Gasteiger partial charge in [-0.15, -0.1) is 0 Å². The molecule has 2 heterocycles. The number of hydrogen-bond acceptors (Lipinski definition) is 10. The molecule has 0 aromatic heterocycles. The first kappa shape index (κ1) is 47.3. The van der Waals surface area contributed by atoms with E-state index in [1.165, 1.54) is 28.0 Å². The van der Waals surface area contributed by atoms with Gasteiger partial charge in [0, 0.05) is 56.3 Å². The van der Waals surface area contributed by atoms with Crippen LogP contribution in [0.15, 0.2) is 66.4 Å². The quantitative estimate of drug-likeness (QED) is 0.0656. The summed E-state index contributed by atoms with van der Waals surface area (Å²) in [4.78, 5) is 43.4. The highest BCUT2D eigenvalue weighted by Crippen LogP contribution is 2.33. The molecule has 1 N–H and O–H groups in total. The Labute approximate surface area is 352 Å². The first-order valence-corrected chi connectivity index (χ1v) is 21.3. The minimum absolute atomic E-state index is 0.269. The van der Waals surface area contributed by atoms with Crippen LogP contribution in [0, 0.1) is 19.8 Å². The number of carbonyl (C=O) groups is 3. The number of aryl methyl sites for hydroxylation is 2. The van der Waals surface area contributed by atoms with Crippen LogP contribution in [0.3, 0.4) is 0 Å². The van der Waals surface area contributed by atoms with Gasteiger partial charge in [0.15, 0.2) is 0 Å². The Bertz CT molecular complexity index is 1730. The minimum atomic E-state index is -0.880. The molecule has 0 bridgehead atoms. The summed E-state index contributed by atoms with van der Waals surface area (Å²) in [5.41, 5.74) is 8.32. The second-order valence-corrected chi connectivity index (χ2v) is 15.3. The number of piperazine rings is 1. The van der Waals surface area contributed by atoms with Gasteiger partial charge in [-0.3, -0.25) is 24.2 Å². The third-order valence-corrected chi connectivity index (χ3v) is 10.7. The normalized spacial score (nSPS) is 16.7. The summed E-state index contributed by atoms with van der Waals surface area (Å²) < 4.78 is 28.4.